The van der Waals surface area contributed by atoms with Crippen LogP contribution >= 0.6 is 23.6 Å². The smallest absolute Gasteiger partial charge is 0.159 e. The summed E-state index contributed by atoms with van der Waals surface area (Å²) in [5.74, 6) is 0. The molecule has 0 radical (unpaired) electrons. The van der Waals surface area contributed by atoms with Gasteiger partial charge in [0.05, 0.1) is 0 Å². The van der Waals surface area contributed by atoms with E-state index in [9.17, 15) is 0 Å². The monoisotopic (exact) mass is 176 g/mol. The van der Waals surface area contributed by atoms with Gasteiger partial charge in [0, 0.05) is 11.9 Å². The van der Waals surface area contributed by atoms with Gasteiger partial charge in [-0.3, -0.25) is 0 Å². The van der Waals surface area contributed by atoms with Crippen LogP contribution in [0.4, 0.5) is 0 Å². The normalized spacial score (nSPS) is 10.0. The van der Waals surface area contributed by atoms with Crippen LogP contribution in [0.2, 0.25) is 0 Å². The lowest BCUT2D eigenvalue weighted by molar-refractivity contribution is 0.813. The minimum absolute atomic E-state index is 0.859. The SMILES string of the molecule is Cc1sc(=S)n(C)c1[S-]. The van der Waals surface area contributed by atoms with Gasteiger partial charge in [-0.25, -0.2) is 0 Å². The molecule has 1 nitrogen and oxygen atoms in total. The Labute approximate surface area is 68.7 Å². The summed E-state index contributed by atoms with van der Waals surface area (Å²) in [6.07, 6.45) is 0. The summed E-state index contributed by atoms with van der Waals surface area (Å²) >= 11 is 11.6. The third-order valence-electron chi connectivity index (χ3n) is 1.12. The fraction of sp³-hybridized carbons (Fsp3) is 0.400. The maximum Gasteiger partial charge on any atom is 0.159 e. The maximum atomic E-state index is 5.02. The zero-order valence-corrected chi connectivity index (χ0v) is 7.62. The van der Waals surface area contributed by atoms with Crippen molar-refractivity contribution in [3.63, 3.8) is 0 Å². The predicted molar refractivity (Wildman–Crippen MR) is 44.5 cm³/mol. The van der Waals surface area contributed by atoms with Crippen LogP contribution in [-0.2, 0) is 19.7 Å². The van der Waals surface area contributed by atoms with Gasteiger partial charge in [0.15, 0.2) is 3.95 Å². The lowest BCUT2D eigenvalue weighted by atomic mass is 10.6. The van der Waals surface area contributed by atoms with Gasteiger partial charge in [0.2, 0.25) is 0 Å². The summed E-state index contributed by atoms with van der Waals surface area (Å²) < 4.78 is 2.71. The molecule has 0 amide bonds. The minimum Gasteiger partial charge on any atom is -0.761 e. The average Bonchev–Trinajstić information content (AvgIpc) is 1.98. The molecule has 0 spiro atoms. The number of thiazole rings is 1. The van der Waals surface area contributed by atoms with Crippen molar-refractivity contribution < 1.29 is 0 Å². The molecule has 0 saturated carbocycles. The summed E-state index contributed by atoms with van der Waals surface area (Å²) in [6, 6.07) is 0. The van der Waals surface area contributed by atoms with Crippen LogP contribution in [0.1, 0.15) is 4.88 Å². The second-order valence-electron chi connectivity index (χ2n) is 1.79. The van der Waals surface area contributed by atoms with Crippen LogP contribution in [0, 0.1) is 10.9 Å². The van der Waals surface area contributed by atoms with Crippen molar-refractivity contribution in [2.45, 2.75) is 11.9 Å². The first-order chi connectivity index (χ1) is 4.13. The van der Waals surface area contributed by atoms with E-state index in [-0.39, 0.29) is 0 Å². The van der Waals surface area contributed by atoms with Crippen LogP contribution in [0.15, 0.2) is 5.03 Å². The molecule has 1 heterocycles. The Morgan fingerprint density at radius 2 is 2.22 bits per heavy atom. The molecular formula is C5H6NS3-. The zero-order chi connectivity index (χ0) is 7.02. The standard InChI is InChI=1S/C5H7NS3/c1-3-4(7)6(2)5(8)9-3/h7H,1-2H3/p-1. The Hall–Kier alpha value is 0.0700. The zero-order valence-electron chi connectivity index (χ0n) is 5.17. The van der Waals surface area contributed by atoms with E-state index in [2.05, 4.69) is 0 Å². The van der Waals surface area contributed by atoms with E-state index in [0.29, 0.717) is 0 Å². The fourth-order valence-electron chi connectivity index (χ4n) is 0.562. The number of rotatable bonds is 0. The van der Waals surface area contributed by atoms with Gasteiger partial charge in [-0.15, -0.1) is 11.3 Å². The van der Waals surface area contributed by atoms with Gasteiger partial charge in [0.1, 0.15) is 0 Å². The van der Waals surface area contributed by atoms with E-state index in [1.807, 2.05) is 18.5 Å². The molecule has 0 aromatic carbocycles. The van der Waals surface area contributed by atoms with Gasteiger partial charge in [0.25, 0.3) is 0 Å². The fourth-order valence-corrected chi connectivity index (χ4v) is 2.07. The molecular weight excluding hydrogens is 170 g/mol. The molecule has 4 heteroatoms. The van der Waals surface area contributed by atoms with Crippen molar-refractivity contribution in [1.82, 2.24) is 4.57 Å². The molecule has 50 valence electrons. The minimum atomic E-state index is 0.859. The summed E-state index contributed by atoms with van der Waals surface area (Å²) in [6.45, 7) is 1.99. The Kier molecular flexibility index (Phi) is 1.88. The van der Waals surface area contributed by atoms with E-state index in [1.54, 1.807) is 11.3 Å². The first-order valence-corrected chi connectivity index (χ1v) is 4.09. The van der Waals surface area contributed by atoms with Crippen molar-refractivity contribution in [2.75, 3.05) is 0 Å². The summed E-state index contributed by atoms with van der Waals surface area (Å²) in [4.78, 5) is 1.14. The lowest BCUT2D eigenvalue weighted by Crippen LogP contribution is -1.88. The lowest BCUT2D eigenvalue weighted by Gasteiger charge is -2.06. The van der Waals surface area contributed by atoms with Crippen molar-refractivity contribution in [1.29, 1.82) is 0 Å². The van der Waals surface area contributed by atoms with Gasteiger partial charge in [-0.2, -0.15) is 0 Å². The molecule has 0 fully saturated rings. The number of nitrogens with zero attached hydrogens (tertiary/aromatic N) is 1. The van der Waals surface area contributed by atoms with Crippen molar-refractivity contribution in [3.05, 3.63) is 8.83 Å². The molecule has 9 heavy (non-hydrogen) atoms. The molecule has 1 aromatic heterocycles. The van der Waals surface area contributed by atoms with Crippen LogP contribution in [0.5, 0.6) is 0 Å². The largest absolute Gasteiger partial charge is 0.761 e. The average molecular weight is 176 g/mol. The van der Waals surface area contributed by atoms with E-state index in [0.717, 1.165) is 13.9 Å². The second kappa shape index (κ2) is 2.36. The summed E-state index contributed by atoms with van der Waals surface area (Å²) in [5.41, 5.74) is 0. The Bertz CT molecular complexity index is 270. The van der Waals surface area contributed by atoms with Gasteiger partial charge in [-0.1, -0.05) is 5.03 Å². The number of aromatic nitrogens is 1. The Morgan fingerprint density at radius 1 is 1.67 bits per heavy atom. The number of aryl methyl sites for hydroxylation is 1. The quantitative estimate of drug-likeness (QED) is 0.440. The van der Waals surface area contributed by atoms with E-state index in [1.165, 1.54) is 0 Å². The van der Waals surface area contributed by atoms with E-state index >= 15 is 0 Å². The highest BCUT2D eigenvalue weighted by Crippen LogP contribution is 2.15. The highest BCUT2D eigenvalue weighted by molar-refractivity contribution is 7.73. The molecule has 0 saturated heterocycles. The summed E-state index contributed by atoms with van der Waals surface area (Å²) in [5, 5.41) is 0.866. The van der Waals surface area contributed by atoms with E-state index in [4.69, 9.17) is 24.8 Å². The first kappa shape index (κ1) is 7.18. The predicted octanol–water partition coefficient (Wildman–Crippen LogP) is 2.03. The van der Waals surface area contributed by atoms with Crippen LogP contribution in [-0.4, -0.2) is 4.57 Å². The molecule has 1 aromatic rings. The van der Waals surface area contributed by atoms with Gasteiger partial charge >= 0.3 is 0 Å². The Balaban J connectivity index is 3.47. The molecule has 0 aliphatic carbocycles. The first-order valence-electron chi connectivity index (χ1n) is 2.46. The third-order valence-corrected chi connectivity index (χ3v) is 3.30. The van der Waals surface area contributed by atoms with Crippen molar-refractivity contribution >= 4 is 36.2 Å². The third kappa shape index (κ3) is 1.15. The summed E-state index contributed by atoms with van der Waals surface area (Å²) in [7, 11) is 1.90. The van der Waals surface area contributed by atoms with Gasteiger partial charge in [-0.05, 0) is 19.1 Å². The molecule has 0 aliphatic heterocycles. The van der Waals surface area contributed by atoms with Gasteiger partial charge < -0.3 is 17.2 Å². The highest BCUT2D eigenvalue weighted by Gasteiger charge is 1.91. The molecule has 0 bridgehead atoms. The van der Waals surface area contributed by atoms with Crippen LogP contribution in [0.3, 0.4) is 0 Å². The van der Waals surface area contributed by atoms with E-state index < -0.39 is 0 Å². The molecule has 0 atom stereocenters. The molecule has 0 aliphatic rings. The molecule has 0 N–H and O–H groups in total. The number of hydrogen-bond acceptors (Lipinski definition) is 3. The Morgan fingerprint density at radius 3 is 2.33 bits per heavy atom. The molecule has 0 unspecified atom stereocenters. The maximum absolute atomic E-state index is 5.02. The topological polar surface area (TPSA) is 4.93 Å². The van der Waals surface area contributed by atoms with Crippen LogP contribution < -0.4 is 0 Å². The van der Waals surface area contributed by atoms with Crippen molar-refractivity contribution in [3.8, 4) is 0 Å². The number of hydrogen-bond donors (Lipinski definition) is 0. The highest BCUT2D eigenvalue weighted by atomic mass is 32.1. The second-order valence-corrected chi connectivity index (χ2v) is 4.02. The van der Waals surface area contributed by atoms with Crippen molar-refractivity contribution in [2.24, 2.45) is 7.05 Å². The molecule has 1 rings (SSSR count). The van der Waals surface area contributed by atoms with Crippen LogP contribution in [0.25, 0.3) is 0 Å².